The van der Waals surface area contributed by atoms with Crippen LogP contribution in [0.2, 0.25) is 0 Å². The zero-order chi connectivity index (χ0) is 18.0. The van der Waals surface area contributed by atoms with E-state index in [1.165, 1.54) is 0 Å². The zero-order valence-electron chi connectivity index (χ0n) is 14.5. The molecule has 1 amide bonds. The first kappa shape index (κ1) is 17.0. The molecule has 0 spiro atoms. The van der Waals surface area contributed by atoms with Gasteiger partial charge in [-0.25, -0.2) is 0 Å². The van der Waals surface area contributed by atoms with E-state index in [-0.39, 0.29) is 12.5 Å². The fourth-order valence-electron chi connectivity index (χ4n) is 2.88. The highest BCUT2D eigenvalue weighted by Gasteiger charge is 2.19. The smallest absolute Gasteiger partial charge is 0.253 e. The number of rotatable bonds is 5. The molecular formula is C19H21N3O3. The number of carbonyl (C=O) groups is 1. The first-order valence-corrected chi connectivity index (χ1v) is 8.11. The van der Waals surface area contributed by atoms with Gasteiger partial charge in [0.1, 0.15) is 5.76 Å². The molecule has 2 N–H and O–H groups in total. The molecule has 130 valence electrons. The number of aliphatic hydroxyl groups excluding tert-OH is 1. The van der Waals surface area contributed by atoms with Gasteiger partial charge in [-0.2, -0.15) is 0 Å². The summed E-state index contributed by atoms with van der Waals surface area (Å²) < 4.78 is 7.00. The molecule has 6 nitrogen and oxygen atoms in total. The SMILES string of the molecule is Cc1cc(-n2c(C)cc(C(=O)NCC(O)c3ccccc3)c2C)no1. The van der Waals surface area contributed by atoms with Crippen LogP contribution in [0.5, 0.6) is 0 Å². The lowest BCUT2D eigenvalue weighted by atomic mass is 10.1. The Balaban J connectivity index is 1.75. The minimum Gasteiger partial charge on any atom is -0.387 e. The lowest BCUT2D eigenvalue weighted by molar-refractivity contribution is 0.0915. The topological polar surface area (TPSA) is 80.3 Å². The molecule has 2 heterocycles. The summed E-state index contributed by atoms with van der Waals surface area (Å²) in [5.74, 6) is 1.13. The summed E-state index contributed by atoms with van der Waals surface area (Å²) in [7, 11) is 0. The van der Waals surface area contributed by atoms with Crippen LogP contribution in [0.15, 0.2) is 47.0 Å². The third-order valence-electron chi connectivity index (χ3n) is 4.16. The lowest BCUT2D eigenvalue weighted by Gasteiger charge is -2.12. The molecule has 6 heteroatoms. The van der Waals surface area contributed by atoms with Gasteiger partial charge in [0.05, 0.1) is 11.7 Å². The van der Waals surface area contributed by atoms with Crippen LogP contribution in [0.1, 0.15) is 39.2 Å². The molecule has 0 bridgehead atoms. The molecule has 2 aromatic heterocycles. The monoisotopic (exact) mass is 339 g/mol. The summed E-state index contributed by atoms with van der Waals surface area (Å²) >= 11 is 0. The molecule has 0 aliphatic heterocycles. The summed E-state index contributed by atoms with van der Waals surface area (Å²) in [5, 5.41) is 17.0. The number of aromatic nitrogens is 2. The van der Waals surface area contributed by atoms with Gasteiger partial charge in [-0.15, -0.1) is 0 Å². The van der Waals surface area contributed by atoms with Crippen LogP contribution in [0.3, 0.4) is 0 Å². The highest BCUT2D eigenvalue weighted by molar-refractivity contribution is 5.95. The second-order valence-corrected chi connectivity index (χ2v) is 6.05. The van der Waals surface area contributed by atoms with Gasteiger partial charge in [-0.05, 0) is 32.4 Å². The van der Waals surface area contributed by atoms with E-state index in [4.69, 9.17) is 4.52 Å². The van der Waals surface area contributed by atoms with Crippen molar-refractivity contribution in [2.45, 2.75) is 26.9 Å². The molecule has 1 aromatic carbocycles. The first-order valence-electron chi connectivity index (χ1n) is 8.11. The summed E-state index contributed by atoms with van der Waals surface area (Å²) in [6.07, 6.45) is -0.744. The maximum Gasteiger partial charge on any atom is 0.253 e. The highest BCUT2D eigenvalue weighted by Crippen LogP contribution is 2.21. The second-order valence-electron chi connectivity index (χ2n) is 6.05. The van der Waals surface area contributed by atoms with Crippen molar-refractivity contribution in [1.82, 2.24) is 15.0 Å². The quantitative estimate of drug-likeness (QED) is 0.749. The van der Waals surface area contributed by atoms with Crippen molar-refractivity contribution in [3.63, 3.8) is 0 Å². The molecule has 3 aromatic rings. The van der Waals surface area contributed by atoms with Gasteiger partial charge < -0.3 is 14.9 Å². The highest BCUT2D eigenvalue weighted by atomic mass is 16.5. The van der Waals surface area contributed by atoms with Crippen LogP contribution in [-0.2, 0) is 0 Å². The fourth-order valence-corrected chi connectivity index (χ4v) is 2.88. The number of carbonyl (C=O) groups excluding carboxylic acids is 1. The van der Waals surface area contributed by atoms with Gasteiger partial charge in [0.15, 0.2) is 5.82 Å². The van der Waals surface area contributed by atoms with Crippen molar-refractivity contribution < 1.29 is 14.4 Å². The standard InChI is InChI=1S/C19H21N3O3/c1-12-9-16(14(3)22(12)18-10-13(2)25-21-18)19(24)20-11-17(23)15-7-5-4-6-8-15/h4-10,17,23H,11H2,1-3H3,(H,20,24). The number of hydrogen-bond acceptors (Lipinski definition) is 4. The summed E-state index contributed by atoms with van der Waals surface area (Å²) in [6, 6.07) is 12.9. The van der Waals surface area contributed by atoms with Gasteiger partial charge >= 0.3 is 0 Å². The molecular weight excluding hydrogens is 318 g/mol. The Kier molecular flexibility index (Phi) is 4.72. The van der Waals surface area contributed by atoms with Crippen LogP contribution in [0, 0.1) is 20.8 Å². The maximum atomic E-state index is 12.5. The van der Waals surface area contributed by atoms with Crippen molar-refractivity contribution in [1.29, 1.82) is 0 Å². The number of amides is 1. The molecule has 3 rings (SSSR count). The Morgan fingerprint density at radius 2 is 1.96 bits per heavy atom. The van der Waals surface area contributed by atoms with Crippen LogP contribution in [0.25, 0.3) is 5.82 Å². The Hall–Kier alpha value is -2.86. The van der Waals surface area contributed by atoms with E-state index in [2.05, 4.69) is 10.5 Å². The number of aryl methyl sites for hydroxylation is 2. The van der Waals surface area contributed by atoms with Crippen molar-refractivity contribution >= 4 is 5.91 Å². The third kappa shape index (κ3) is 3.49. The average molecular weight is 339 g/mol. The van der Waals surface area contributed by atoms with E-state index < -0.39 is 6.10 Å². The van der Waals surface area contributed by atoms with Crippen molar-refractivity contribution in [2.24, 2.45) is 0 Å². The molecule has 0 aliphatic rings. The average Bonchev–Trinajstić information content (AvgIpc) is 3.15. The number of aliphatic hydroxyl groups is 1. The Morgan fingerprint density at radius 1 is 1.24 bits per heavy atom. The normalized spacial score (nSPS) is 12.2. The van der Waals surface area contributed by atoms with Crippen LogP contribution in [0.4, 0.5) is 0 Å². The molecule has 1 unspecified atom stereocenters. The minimum absolute atomic E-state index is 0.148. The number of nitrogens with zero attached hydrogens (tertiary/aromatic N) is 2. The van der Waals surface area contributed by atoms with Gasteiger partial charge in [0.25, 0.3) is 5.91 Å². The van der Waals surface area contributed by atoms with E-state index >= 15 is 0 Å². The molecule has 1 atom stereocenters. The van der Waals surface area contributed by atoms with Crippen LogP contribution in [-0.4, -0.2) is 27.3 Å². The summed E-state index contributed by atoms with van der Waals surface area (Å²) in [4.78, 5) is 12.5. The van der Waals surface area contributed by atoms with Crippen LogP contribution >= 0.6 is 0 Å². The Bertz CT molecular complexity index is 881. The Labute approximate surface area is 146 Å². The molecule has 25 heavy (non-hydrogen) atoms. The fraction of sp³-hybridized carbons (Fsp3) is 0.263. The van der Waals surface area contributed by atoms with Gasteiger partial charge in [-0.1, -0.05) is 35.5 Å². The van der Waals surface area contributed by atoms with Gasteiger partial charge in [-0.3, -0.25) is 9.36 Å². The number of hydrogen-bond donors (Lipinski definition) is 2. The van der Waals surface area contributed by atoms with Crippen LogP contribution < -0.4 is 5.32 Å². The maximum absolute atomic E-state index is 12.5. The van der Waals surface area contributed by atoms with Gasteiger partial charge in [0, 0.05) is 24.0 Å². The number of nitrogens with one attached hydrogen (secondary N) is 1. The van der Waals surface area contributed by atoms with Crippen molar-refractivity contribution in [3.05, 3.63) is 70.7 Å². The zero-order valence-corrected chi connectivity index (χ0v) is 14.5. The number of benzene rings is 1. The third-order valence-corrected chi connectivity index (χ3v) is 4.16. The predicted octanol–water partition coefficient (Wildman–Crippen LogP) is 2.85. The van der Waals surface area contributed by atoms with E-state index in [9.17, 15) is 9.90 Å². The molecule has 0 saturated heterocycles. The van der Waals surface area contributed by atoms with Gasteiger partial charge in [0.2, 0.25) is 0 Å². The molecule has 0 radical (unpaired) electrons. The largest absolute Gasteiger partial charge is 0.387 e. The molecule has 0 fully saturated rings. The molecule has 0 aliphatic carbocycles. The first-order chi connectivity index (χ1) is 12.0. The second kappa shape index (κ2) is 6.94. The minimum atomic E-state index is -0.744. The lowest BCUT2D eigenvalue weighted by Crippen LogP contribution is -2.28. The van der Waals surface area contributed by atoms with E-state index in [1.54, 1.807) is 0 Å². The Morgan fingerprint density at radius 3 is 2.60 bits per heavy atom. The van der Waals surface area contributed by atoms with Crippen molar-refractivity contribution in [3.8, 4) is 5.82 Å². The summed E-state index contributed by atoms with van der Waals surface area (Å²) in [6.45, 7) is 5.74. The van der Waals surface area contributed by atoms with E-state index in [0.29, 0.717) is 17.1 Å². The van der Waals surface area contributed by atoms with Crippen molar-refractivity contribution in [2.75, 3.05) is 6.54 Å². The van der Waals surface area contributed by atoms with E-state index in [1.807, 2.05) is 67.8 Å². The predicted molar refractivity (Wildman–Crippen MR) is 93.8 cm³/mol. The summed E-state index contributed by atoms with van der Waals surface area (Å²) in [5.41, 5.74) is 2.99. The van der Waals surface area contributed by atoms with E-state index in [0.717, 1.165) is 17.0 Å². The molecule has 0 saturated carbocycles.